The van der Waals surface area contributed by atoms with E-state index in [-0.39, 0.29) is 42.1 Å². The first-order chi connectivity index (χ1) is 17.4. The van der Waals surface area contributed by atoms with E-state index in [4.69, 9.17) is 0 Å². The predicted molar refractivity (Wildman–Crippen MR) is 143 cm³/mol. The van der Waals surface area contributed by atoms with Crippen LogP contribution in [0.2, 0.25) is 0 Å². The van der Waals surface area contributed by atoms with Gasteiger partial charge in [0.25, 0.3) is 0 Å². The zero-order chi connectivity index (χ0) is 25.5. The van der Waals surface area contributed by atoms with E-state index in [9.17, 15) is 25.3 Å². The molecule has 178 valence electrons. The van der Waals surface area contributed by atoms with Gasteiger partial charge in [-0.15, -0.1) is 0 Å². The Morgan fingerprint density at radius 3 is 1.22 bits per heavy atom. The number of hydrogen-bond acceptors (Lipinski definition) is 2. The molecule has 0 aliphatic rings. The summed E-state index contributed by atoms with van der Waals surface area (Å²) in [6, 6.07) is 31.3. The molecular weight excluding hydrogens is 475 g/mol. The number of aliphatic carboxylic acids is 2. The number of benzene rings is 4. The molecule has 0 radical (unpaired) electrons. The second kappa shape index (κ2) is 12.7. The monoisotopic (exact) mass is 498 g/mol. The van der Waals surface area contributed by atoms with E-state index in [1.807, 2.05) is 60.7 Å². The quantitative estimate of drug-likeness (QED) is 0.127. The maximum atomic E-state index is 11.8. The zero-order valence-electron chi connectivity index (χ0n) is 21.2. The molecule has 0 aliphatic carbocycles. The minimum absolute atomic E-state index is 0. The maximum Gasteiger partial charge on any atom is 1.00 e. The average Bonchev–Trinajstić information content (AvgIpc) is 2.91. The largest absolute Gasteiger partial charge is 1.00 e. The van der Waals surface area contributed by atoms with Crippen molar-refractivity contribution in [1.29, 1.82) is 0 Å². The van der Waals surface area contributed by atoms with Gasteiger partial charge in [0.05, 0.1) is 11.1 Å². The van der Waals surface area contributed by atoms with Gasteiger partial charge in [-0.1, -0.05) is 60.7 Å². The first-order valence-electron chi connectivity index (χ1n) is 11.1. The van der Waals surface area contributed by atoms with Gasteiger partial charge in [-0.2, -0.15) is 0 Å². The third kappa shape index (κ3) is 6.98. The van der Waals surface area contributed by atoms with Crippen LogP contribution >= 0.6 is 0 Å². The molecule has 0 bridgehead atoms. The topological polar surface area (TPSA) is 99.9 Å². The van der Waals surface area contributed by atoms with Crippen LogP contribution < -0.4 is 34.3 Å². The van der Waals surface area contributed by atoms with Crippen LogP contribution in [0.4, 0.5) is 11.4 Å². The average molecular weight is 499 g/mol. The summed E-state index contributed by atoms with van der Waals surface area (Å²) < 4.78 is 0.955. The van der Waals surface area contributed by atoms with Crippen LogP contribution in [-0.2, 0) is 9.59 Å². The zero-order valence-corrected chi connectivity index (χ0v) is 22.2. The summed E-state index contributed by atoms with van der Waals surface area (Å²) in [4.78, 5) is 23.6. The summed E-state index contributed by atoms with van der Waals surface area (Å²) in [6.07, 6.45) is 3.19. The second-order valence-corrected chi connectivity index (χ2v) is 7.95. The van der Waals surface area contributed by atoms with Gasteiger partial charge >= 0.3 is 41.5 Å². The fourth-order valence-corrected chi connectivity index (χ4v) is 3.68. The van der Waals surface area contributed by atoms with Crippen molar-refractivity contribution in [2.45, 2.75) is 0 Å². The van der Waals surface area contributed by atoms with E-state index in [1.54, 1.807) is 60.7 Å². The third-order valence-corrected chi connectivity index (χ3v) is 5.53. The van der Waals surface area contributed by atoms with E-state index in [0.717, 1.165) is 15.8 Å². The van der Waals surface area contributed by atoms with Gasteiger partial charge in [-0.05, 0) is 58.7 Å². The van der Waals surface area contributed by atoms with Crippen molar-refractivity contribution in [1.82, 2.24) is 4.70 Å². The molecule has 0 spiro atoms. The van der Waals surface area contributed by atoms with Crippen molar-refractivity contribution in [3.05, 3.63) is 137 Å². The van der Waals surface area contributed by atoms with Crippen molar-refractivity contribution >= 4 is 46.6 Å². The Morgan fingerprint density at radius 1 is 0.595 bits per heavy atom. The van der Waals surface area contributed by atoms with Crippen molar-refractivity contribution in [3.63, 3.8) is 0 Å². The van der Waals surface area contributed by atoms with Gasteiger partial charge in [-0.25, -0.2) is 14.3 Å². The molecule has 0 unspecified atom stereocenters. The first-order valence-corrected chi connectivity index (χ1v) is 11.1. The van der Waals surface area contributed by atoms with Crippen LogP contribution in [0.25, 0.3) is 28.8 Å². The second-order valence-electron chi connectivity index (χ2n) is 7.95. The molecule has 0 saturated carbocycles. The summed E-state index contributed by atoms with van der Waals surface area (Å²) in [5.41, 5.74) is 14.4. The number of carboxylic acids is 2. The summed E-state index contributed by atoms with van der Waals surface area (Å²) >= 11 is 0. The van der Waals surface area contributed by atoms with Gasteiger partial charge in [0, 0.05) is 24.3 Å². The molecule has 0 aliphatic heterocycles. The standard InChI is InChI=1S/C30H22N2O4.Na.H/c31-32(25-15-11-23(12-16-25)27(29(33)34)19-21-7-3-1-4-8-21)26-17-13-24(14-18-26)28(30(35)36)20-22-9-5-2-6-10-22;;/h1-20H,(H,33,34)(H,35,36);;/q;+1;-1. The van der Waals surface area contributed by atoms with E-state index in [2.05, 4.69) is 0 Å². The third-order valence-electron chi connectivity index (χ3n) is 5.53. The van der Waals surface area contributed by atoms with Gasteiger partial charge in [0.2, 0.25) is 0 Å². The fourth-order valence-electron chi connectivity index (χ4n) is 3.68. The van der Waals surface area contributed by atoms with E-state index >= 15 is 0 Å². The normalized spacial score (nSPS) is 11.4. The molecular formula is C30H23N2NaO4. The number of rotatable bonds is 8. The smallest absolute Gasteiger partial charge is 1.00 e. The molecule has 6 nitrogen and oxygen atoms in total. The molecule has 0 aromatic heterocycles. The van der Waals surface area contributed by atoms with Gasteiger partial charge in [-0.3, -0.25) is 0 Å². The number of hydrogen-bond donors (Lipinski definition) is 2. The number of nitrogens with zero attached hydrogens (tertiary/aromatic N) is 2. The molecule has 0 fully saturated rings. The molecule has 4 aromatic rings. The van der Waals surface area contributed by atoms with Gasteiger partial charge in [0.15, 0.2) is 11.4 Å². The number of carboxylic acid groups (broad SMARTS) is 2. The van der Waals surface area contributed by atoms with E-state index in [0.29, 0.717) is 22.5 Å². The summed E-state index contributed by atoms with van der Waals surface area (Å²) in [5, 5.41) is 19.3. The van der Waals surface area contributed by atoms with Crippen LogP contribution in [0, 0.1) is 0 Å². The Labute approximate surface area is 238 Å². The van der Waals surface area contributed by atoms with Crippen LogP contribution in [0.5, 0.6) is 0 Å². The predicted octanol–water partition coefficient (Wildman–Crippen LogP) is 3.91. The Balaban J connectivity index is 0.00000253. The van der Waals surface area contributed by atoms with Crippen LogP contribution in [0.15, 0.2) is 109 Å². The van der Waals surface area contributed by atoms with Crippen molar-refractivity contribution in [3.8, 4) is 0 Å². The van der Waals surface area contributed by atoms with E-state index in [1.165, 1.54) is 0 Å². The first kappa shape index (κ1) is 27.5. The Bertz CT molecular complexity index is 1360. The fraction of sp³-hybridized carbons (Fsp3) is 0. The molecule has 0 amide bonds. The van der Waals surface area contributed by atoms with Crippen molar-refractivity contribution in [2.75, 3.05) is 0 Å². The van der Waals surface area contributed by atoms with Crippen LogP contribution in [-0.4, -0.2) is 22.2 Å². The molecule has 0 atom stereocenters. The summed E-state index contributed by atoms with van der Waals surface area (Å²) in [7, 11) is 0. The van der Waals surface area contributed by atoms with Crippen molar-refractivity contribution in [2.24, 2.45) is 0 Å². The van der Waals surface area contributed by atoms with Gasteiger partial charge < -0.3 is 17.2 Å². The van der Waals surface area contributed by atoms with Crippen LogP contribution in [0.3, 0.4) is 0 Å². The Morgan fingerprint density at radius 2 is 0.919 bits per heavy atom. The summed E-state index contributed by atoms with van der Waals surface area (Å²) in [6.45, 7) is 0. The molecule has 2 N–H and O–H groups in total. The minimum Gasteiger partial charge on any atom is -1.00 e. The molecule has 4 rings (SSSR count). The SMILES string of the molecule is [H-].[N-]=[N+](c1ccc(C(=Cc2ccccc2)C(=O)O)cc1)c1ccc(C(=Cc2ccccc2)C(=O)O)cc1.[Na+]. The molecule has 4 aromatic carbocycles. The minimum atomic E-state index is -1.05. The molecule has 0 heterocycles. The molecule has 7 heteroatoms. The molecule has 37 heavy (non-hydrogen) atoms. The van der Waals surface area contributed by atoms with Gasteiger partial charge in [0.1, 0.15) is 0 Å². The number of carbonyl (C=O) groups is 2. The Kier molecular flexibility index (Phi) is 9.46. The van der Waals surface area contributed by atoms with Crippen LogP contribution in [0.1, 0.15) is 23.7 Å². The Hall–Kier alpha value is -4.10. The maximum absolute atomic E-state index is 11.8. The van der Waals surface area contributed by atoms with E-state index < -0.39 is 11.9 Å². The molecule has 0 saturated heterocycles. The van der Waals surface area contributed by atoms with Crippen molar-refractivity contribution < 1.29 is 50.8 Å². The summed E-state index contributed by atoms with van der Waals surface area (Å²) in [5.74, 6) is -2.11.